The standard InChI is InChI=1S/C19H22N4O5S/c1-11(17(25)28-4)29-19-20-15-14(16(24)21-18(26)22(15)2)23(19)10-9-12-5-7-13(27-3)8-6-12/h5-8,11H,9-10H2,1-4H3,(H,21,24,26)/t11-/m1/s1. The number of aromatic nitrogens is 4. The molecule has 29 heavy (non-hydrogen) atoms. The van der Waals surface area contributed by atoms with Crippen molar-refractivity contribution in [2.75, 3.05) is 14.2 Å². The minimum absolute atomic E-state index is 0.271. The lowest BCUT2D eigenvalue weighted by molar-refractivity contribution is -0.139. The van der Waals surface area contributed by atoms with E-state index < -0.39 is 22.5 Å². The first kappa shape index (κ1) is 20.7. The van der Waals surface area contributed by atoms with Gasteiger partial charge in [0, 0.05) is 13.6 Å². The Bertz CT molecular complexity index is 1150. The topological polar surface area (TPSA) is 108 Å². The number of ether oxygens (including phenoxy) is 2. The fraction of sp³-hybridized carbons (Fsp3) is 0.368. The van der Waals surface area contributed by atoms with E-state index in [4.69, 9.17) is 9.47 Å². The number of fused-ring (bicyclic) bond motifs is 1. The number of benzene rings is 1. The number of hydrogen-bond acceptors (Lipinski definition) is 7. The van der Waals surface area contributed by atoms with Gasteiger partial charge in [0.1, 0.15) is 11.0 Å². The van der Waals surface area contributed by atoms with Gasteiger partial charge in [-0.2, -0.15) is 0 Å². The van der Waals surface area contributed by atoms with Crippen molar-refractivity contribution in [2.45, 2.75) is 30.3 Å². The van der Waals surface area contributed by atoms with E-state index in [1.807, 2.05) is 24.3 Å². The van der Waals surface area contributed by atoms with Crippen LogP contribution < -0.4 is 16.0 Å². The van der Waals surface area contributed by atoms with Gasteiger partial charge in [0.15, 0.2) is 16.3 Å². The Hall–Kier alpha value is -3.01. The van der Waals surface area contributed by atoms with Crippen LogP contribution in [0.2, 0.25) is 0 Å². The Morgan fingerprint density at radius 2 is 1.93 bits per heavy atom. The third-order valence-corrected chi connectivity index (χ3v) is 5.64. The van der Waals surface area contributed by atoms with E-state index in [0.717, 1.165) is 11.3 Å². The van der Waals surface area contributed by atoms with Gasteiger partial charge in [0.25, 0.3) is 5.56 Å². The smallest absolute Gasteiger partial charge is 0.329 e. The largest absolute Gasteiger partial charge is 0.497 e. The number of H-pyrrole nitrogens is 1. The van der Waals surface area contributed by atoms with Gasteiger partial charge >= 0.3 is 11.7 Å². The number of thioether (sulfide) groups is 1. The van der Waals surface area contributed by atoms with Gasteiger partial charge in [0.05, 0.1) is 14.2 Å². The monoisotopic (exact) mass is 418 g/mol. The van der Waals surface area contributed by atoms with Crippen molar-refractivity contribution in [1.29, 1.82) is 0 Å². The fourth-order valence-electron chi connectivity index (χ4n) is 2.92. The van der Waals surface area contributed by atoms with Crippen molar-refractivity contribution >= 4 is 28.9 Å². The molecule has 0 spiro atoms. The van der Waals surface area contributed by atoms with Crippen LogP contribution in [-0.2, 0) is 29.5 Å². The molecule has 1 N–H and O–H groups in total. The molecule has 9 nitrogen and oxygen atoms in total. The Kier molecular flexibility index (Phi) is 6.12. The maximum Gasteiger partial charge on any atom is 0.329 e. The van der Waals surface area contributed by atoms with Crippen LogP contribution in [0.4, 0.5) is 0 Å². The van der Waals surface area contributed by atoms with Gasteiger partial charge in [0.2, 0.25) is 0 Å². The quantitative estimate of drug-likeness (QED) is 0.455. The zero-order chi connectivity index (χ0) is 21.1. The fourth-order valence-corrected chi connectivity index (χ4v) is 3.87. The molecule has 3 aromatic rings. The molecule has 0 fully saturated rings. The predicted octanol–water partition coefficient (Wildman–Crippen LogP) is 1.33. The molecule has 0 saturated carbocycles. The number of nitrogens with zero attached hydrogens (tertiary/aromatic N) is 3. The molecule has 2 heterocycles. The molecule has 0 bridgehead atoms. The molecule has 0 saturated heterocycles. The van der Waals surface area contributed by atoms with Crippen LogP contribution in [0, 0.1) is 0 Å². The van der Waals surface area contributed by atoms with Crippen LogP contribution >= 0.6 is 11.8 Å². The van der Waals surface area contributed by atoms with Gasteiger partial charge in [-0.25, -0.2) is 9.78 Å². The number of aryl methyl sites for hydroxylation is 3. The van der Waals surface area contributed by atoms with Crippen molar-refractivity contribution in [2.24, 2.45) is 7.05 Å². The number of nitrogens with one attached hydrogen (secondary N) is 1. The first-order valence-corrected chi connectivity index (χ1v) is 9.80. The molecule has 3 rings (SSSR count). The van der Waals surface area contributed by atoms with E-state index in [1.165, 1.54) is 23.4 Å². The second-order valence-corrected chi connectivity index (χ2v) is 7.73. The maximum atomic E-state index is 12.5. The van der Waals surface area contributed by atoms with E-state index in [2.05, 4.69) is 9.97 Å². The van der Waals surface area contributed by atoms with Crippen molar-refractivity contribution in [1.82, 2.24) is 19.1 Å². The van der Waals surface area contributed by atoms with Crippen LogP contribution in [0.1, 0.15) is 12.5 Å². The summed E-state index contributed by atoms with van der Waals surface area (Å²) in [5.74, 6) is 0.364. The Labute approximate surface area is 170 Å². The molecular weight excluding hydrogens is 396 g/mol. The Morgan fingerprint density at radius 3 is 2.55 bits per heavy atom. The minimum atomic E-state index is -0.542. The lowest BCUT2D eigenvalue weighted by Gasteiger charge is -2.11. The molecule has 0 aliphatic rings. The molecule has 0 radical (unpaired) electrons. The van der Waals surface area contributed by atoms with Crippen LogP contribution in [0.3, 0.4) is 0 Å². The first-order valence-electron chi connectivity index (χ1n) is 8.92. The van der Waals surface area contributed by atoms with Gasteiger partial charge in [-0.15, -0.1) is 0 Å². The number of carbonyl (C=O) groups is 1. The van der Waals surface area contributed by atoms with E-state index in [9.17, 15) is 14.4 Å². The molecule has 10 heteroatoms. The molecule has 1 atom stereocenters. The summed E-state index contributed by atoms with van der Waals surface area (Å²) in [7, 11) is 4.47. The lowest BCUT2D eigenvalue weighted by atomic mass is 10.1. The number of carbonyl (C=O) groups excluding carboxylic acids is 1. The first-order chi connectivity index (χ1) is 13.8. The Morgan fingerprint density at radius 1 is 1.24 bits per heavy atom. The summed E-state index contributed by atoms with van der Waals surface area (Å²) in [6, 6.07) is 7.63. The second-order valence-electron chi connectivity index (χ2n) is 6.42. The van der Waals surface area contributed by atoms with Crippen molar-refractivity contribution in [3.63, 3.8) is 0 Å². The summed E-state index contributed by atoms with van der Waals surface area (Å²) in [6.45, 7) is 2.15. The molecule has 0 unspecified atom stereocenters. The highest BCUT2D eigenvalue weighted by atomic mass is 32.2. The molecule has 1 aromatic carbocycles. The minimum Gasteiger partial charge on any atom is -0.497 e. The summed E-state index contributed by atoms with van der Waals surface area (Å²) < 4.78 is 13.0. The zero-order valence-corrected chi connectivity index (χ0v) is 17.4. The van der Waals surface area contributed by atoms with Crippen LogP contribution in [0.5, 0.6) is 5.75 Å². The van der Waals surface area contributed by atoms with Gasteiger partial charge in [-0.05, 0) is 31.0 Å². The number of imidazole rings is 1. The number of methoxy groups -OCH3 is 2. The average molecular weight is 418 g/mol. The highest BCUT2D eigenvalue weighted by molar-refractivity contribution is 8.00. The number of rotatable bonds is 7. The number of hydrogen-bond donors (Lipinski definition) is 1. The van der Waals surface area contributed by atoms with Crippen LogP contribution in [0.15, 0.2) is 39.0 Å². The molecule has 0 aliphatic carbocycles. The van der Waals surface area contributed by atoms with E-state index >= 15 is 0 Å². The maximum absolute atomic E-state index is 12.5. The van der Waals surface area contributed by atoms with Gasteiger partial charge < -0.3 is 14.0 Å². The van der Waals surface area contributed by atoms with Crippen molar-refractivity contribution in [3.8, 4) is 5.75 Å². The van der Waals surface area contributed by atoms with E-state index in [1.54, 1.807) is 25.6 Å². The highest BCUT2D eigenvalue weighted by Crippen LogP contribution is 2.26. The third-order valence-electron chi connectivity index (χ3n) is 4.57. The van der Waals surface area contributed by atoms with Crippen molar-refractivity contribution in [3.05, 3.63) is 50.7 Å². The van der Waals surface area contributed by atoms with Gasteiger partial charge in [-0.1, -0.05) is 23.9 Å². The zero-order valence-electron chi connectivity index (χ0n) is 16.6. The second kappa shape index (κ2) is 8.56. The molecular formula is C19H22N4O5S. The third kappa shape index (κ3) is 4.21. The lowest BCUT2D eigenvalue weighted by Crippen LogP contribution is -2.29. The summed E-state index contributed by atoms with van der Waals surface area (Å²) in [5, 5.41) is -0.0502. The van der Waals surface area contributed by atoms with Crippen molar-refractivity contribution < 1.29 is 14.3 Å². The van der Waals surface area contributed by atoms with Crippen LogP contribution in [0.25, 0.3) is 11.2 Å². The average Bonchev–Trinajstić information content (AvgIpc) is 3.08. The SMILES string of the molecule is COC(=O)[C@@H](C)Sc1nc2c(c(=O)[nH]c(=O)n2C)n1CCc1ccc(OC)cc1. The summed E-state index contributed by atoms with van der Waals surface area (Å²) in [4.78, 5) is 43.1. The summed E-state index contributed by atoms with van der Waals surface area (Å²) >= 11 is 1.18. The molecule has 2 aromatic heterocycles. The number of aromatic amines is 1. The van der Waals surface area contributed by atoms with E-state index in [0.29, 0.717) is 23.6 Å². The van der Waals surface area contributed by atoms with E-state index in [-0.39, 0.29) is 5.65 Å². The molecule has 0 aliphatic heterocycles. The van der Waals surface area contributed by atoms with Crippen LogP contribution in [-0.4, -0.2) is 44.5 Å². The summed E-state index contributed by atoms with van der Waals surface area (Å²) in [5.41, 5.74) is 0.557. The molecule has 0 amide bonds. The normalized spacial score (nSPS) is 12.1. The summed E-state index contributed by atoms with van der Waals surface area (Å²) in [6.07, 6.45) is 0.623. The highest BCUT2D eigenvalue weighted by Gasteiger charge is 2.22. The van der Waals surface area contributed by atoms with Gasteiger partial charge in [-0.3, -0.25) is 19.1 Å². The predicted molar refractivity (Wildman–Crippen MR) is 110 cm³/mol. The molecule has 154 valence electrons. The Balaban J connectivity index is 2.02. The number of esters is 1.